The lowest BCUT2D eigenvalue weighted by Gasteiger charge is -2.08. The van der Waals surface area contributed by atoms with Crippen LogP contribution < -0.4 is 5.56 Å². The fraction of sp³-hybridized carbons (Fsp3) is 0.105. The van der Waals surface area contributed by atoms with Gasteiger partial charge in [-0.15, -0.1) is 0 Å². The fourth-order valence-corrected chi connectivity index (χ4v) is 2.82. The monoisotopic (exact) mass is 329 g/mol. The van der Waals surface area contributed by atoms with Gasteiger partial charge in [0.15, 0.2) is 0 Å². The van der Waals surface area contributed by atoms with Crippen LogP contribution in [-0.2, 0) is 0 Å². The van der Waals surface area contributed by atoms with E-state index in [1.54, 1.807) is 25.4 Å². The van der Waals surface area contributed by atoms with Crippen molar-refractivity contribution in [1.82, 2.24) is 9.66 Å². The summed E-state index contributed by atoms with van der Waals surface area (Å²) in [5, 5.41) is 13.0. The number of nitrogens with zero attached hydrogens (tertiary/aromatic N) is 5. The Balaban J connectivity index is 1.71. The molecule has 25 heavy (non-hydrogen) atoms. The average Bonchev–Trinajstić information content (AvgIpc) is 3.11. The van der Waals surface area contributed by atoms with Crippen LogP contribution in [0.25, 0.3) is 10.9 Å². The van der Waals surface area contributed by atoms with E-state index in [0.29, 0.717) is 22.4 Å². The maximum atomic E-state index is 12.6. The van der Waals surface area contributed by atoms with Crippen LogP contribution in [0.2, 0.25) is 0 Å². The highest BCUT2D eigenvalue weighted by Gasteiger charge is 2.19. The molecule has 0 saturated heterocycles. The molecule has 2 aromatic carbocycles. The molecule has 0 N–H and O–H groups in total. The first-order valence-corrected chi connectivity index (χ1v) is 7.93. The van der Waals surface area contributed by atoms with E-state index in [4.69, 9.17) is 0 Å². The lowest BCUT2D eigenvalue weighted by Crippen LogP contribution is -2.22. The molecule has 1 aliphatic heterocycles. The zero-order valence-electron chi connectivity index (χ0n) is 13.6. The lowest BCUT2D eigenvalue weighted by atomic mass is 9.96. The summed E-state index contributed by atoms with van der Waals surface area (Å²) in [6, 6.07) is 17.2. The lowest BCUT2D eigenvalue weighted by molar-refractivity contribution is 0.771. The fourth-order valence-electron chi connectivity index (χ4n) is 2.82. The highest BCUT2D eigenvalue weighted by atomic mass is 16.1. The van der Waals surface area contributed by atoms with Crippen molar-refractivity contribution in [2.45, 2.75) is 12.8 Å². The number of aromatic nitrogens is 2. The van der Waals surface area contributed by atoms with Gasteiger partial charge in [-0.05, 0) is 24.6 Å². The second kappa shape index (κ2) is 6.24. The Kier molecular flexibility index (Phi) is 3.78. The third-order valence-corrected chi connectivity index (χ3v) is 4.09. The van der Waals surface area contributed by atoms with Gasteiger partial charge in [-0.1, -0.05) is 42.5 Å². The summed E-state index contributed by atoms with van der Waals surface area (Å²) in [5.41, 5.74) is 2.23. The molecule has 6 heteroatoms. The number of aryl methyl sites for hydroxylation is 1. The third kappa shape index (κ3) is 2.78. The molecule has 1 aromatic heterocycles. The summed E-state index contributed by atoms with van der Waals surface area (Å²) in [6.45, 7) is 1.76. The van der Waals surface area contributed by atoms with Gasteiger partial charge < -0.3 is 0 Å². The summed E-state index contributed by atoms with van der Waals surface area (Å²) in [6.07, 6.45) is 3.35. The van der Waals surface area contributed by atoms with Crippen molar-refractivity contribution in [2.75, 3.05) is 0 Å². The third-order valence-electron chi connectivity index (χ3n) is 4.09. The molecule has 0 radical (unpaired) electrons. The molecule has 4 rings (SSSR count). The van der Waals surface area contributed by atoms with Crippen LogP contribution in [0.4, 0.5) is 0 Å². The van der Waals surface area contributed by atoms with E-state index >= 15 is 0 Å². The molecule has 0 spiro atoms. The maximum absolute atomic E-state index is 12.6. The predicted octanol–water partition coefficient (Wildman–Crippen LogP) is 2.76. The molecule has 0 amide bonds. The molecule has 1 atom stereocenters. The molecular weight excluding hydrogens is 314 g/mol. The number of hydrogen-bond acceptors (Lipinski definition) is 5. The van der Waals surface area contributed by atoms with E-state index in [0.717, 1.165) is 5.56 Å². The van der Waals surface area contributed by atoms with Gasteiger partial charge in [0.25, 0.3) is 5.56 Å². The van der Waals surface area contributed by atoms with Gasteiger partial charge in [-0.25, -0.2) is 4.98 Å². The van der Waals surface area contributed by atoms with Crippen molar-refractivity contribution in [1.29, 1.82) is 0 Å². The number of para-hydroxylation sites is 1. The summed E-state index contributed by atoms with van der Waals surface area (Å²) in [7, 11) is 0. The molecule has 0 saturated carbocycles. The van der Waals surface area contributed by atoms with Crippen LogP contribution in [0.5, 0.6) is 0 Å². The van der Waals surface area contributed by atoms with Gasteiger partial charge in [0, 0.05) is 6.21 Å². The van der Waals surface area contributed by atoms with Gasteiger partial charge in [-0.3, -0.25) is 4.79 Å². The van der Waals surface area contributed by atoms with E-state index < -0.39 is 0 Å². The van der Waals surface area contributed by atoms with Crippen molar-refractivity contribution >= 4 is 29.0 Å². The second-order valence-electron chi connectivity index (χ2n) is 5.72. The minimum atomic E-state index is -0.199. The Bertz CT molecular complexity index is 1080. The zero-order valence-corrected chi connectivity index (χ0v) is 13.6. The first kappa shape index (κ1) is 15.1. The Hall–Kier alpha value is -3.41. The first-order chi connectivity index (χ1) is 12.2. The van der Waals surface area contributed by atoms with Gasteiger partial charge in [0.2, 0.25) is 0 Å². The summed E-state index contributed by atoms with van der Waals surface area (Å²) in [5.74, 6) is 0.463. The van der Waals surface area contributed by atoms with Crippen molar-refractivity contribution in [3.05, 3.63) is 76.3 Å². The molecule has 0 fully saturated rings. The van der Waals surface area contributed by atoms with Crippen LogP contribution in [0.15, 0.2) is 74.7 Å². The summed E-state index contributed by atoms with van der Waals surface area (Å²) < 4.78 is 1.30. The van der Waals surface area contributed by atoms with Crippen LogP contribution in [0, 0.1) is 6.92 Å². The Morgan fingerprint density at radius 2 is 1.84 bits per heavy atom. The van der Waals surface area contributed by atoms with Crippen LogP contribution >= 0.6 is 0 Å². The first-order valence-electron chi connectivity index (χ1n) is 7.93. The molecule has 0 bridgehead atoms. The Morgan fingerprint density at radius 3 is 2.68 bits per heavy atom. The highest BCUT2D eigenvalue weighted by molar-refractivity contribution is 6.37. The molecule has 1 aliphatic rings. The maximum Gasteiger partial charge on any atom is 0.282 e. The van der Waals surface area contributed by atoms with E-state index in [-0.39, 0.29) is 11.5 Å². The molecule has 0 aliphatic carbocycles. The smallest absolute Gasteiger partial charge is 0.267 e. The van der Waals surface area contributed by atoms with Gasteiger partial charge >= 0.3 is 0 Å². The largest absolute Gasteiger partial charge is 0.282 e. The highest BCUT2D eigenvalue weighted by Crippen LogP contribution is 2.18. The molecule has 6 nitrogen and oxygen atoms in total. The summed E-state index contributed by atoms with van der Waals surface area (Å²) >= 11 is 0. The van der Waals surface area contributed by atoms with Crippen molar-refractivity contribution in [2.24, 2.45) is 15.3 Å². The number of hydrogen-bond donors (Lipinski definition) is 0. The van der Waals surface area contributed by atoms with E-state index in [2.05, 4.69) is 20.3 Å². The van der Waals surface area contributed by atoms with E-state index in [1.807, 2.05) is 48.5 Å². The number of fused-ring (bicyclic) bond motifs is 1. The van der Waals surface area contributed by atoms with Crippen LogP contribution in [0.3, 0.4) is 0 Å². The van der Waals surface area contributed by atoms with Gasteiger partial charge in [0.1, 0.15) is 5.82 Å². The second-order valence-corrected chi connectivity index (χ2v) is 5.72. The number of rotatable bonds is 3. The van der Waals surface area contributed by atoms with Gasteiger partial charge in [0.05, 0.1) is 28.7 Å². The van der Waals surface area contributed by atoms with Crippen LogP contribution in [0.1, 0.15) is 17.3 Å². The van der Waals surface area contributed by atoms with Crippen molar-refractivity contribution < 1.29 is 0 Å². The predicted molar refractivity (Wildman–Crippen MR) is 99.7 cm³/mol. The zero-order chi connectivity index (χ0) is 17.2. The van der Waals surface area contributed by atoms with Crippen molar-refractivity contribution in [3.8, 4) is 0 Å². The normalized spacial score (nSPS) is 16.7. The molecule has 3 aromatic rings. The Labute approximate surface area is 143 Å². The SMILES string of the molecule is Cc1nc2ccccc2c(=O)n1/N=C/C1=NN=CC1c1ccccc1. The molecule has 1 unspecified atom stereocenters. The minimum Gasteiger partial charge on any atom is -0.267 e. The molecule has 122 valence electrons. The molecular formula is C19H15N5O. The van der Waals surface area contributed by atoms with Gasteiger partial charge in [-0.2, -0.15) is 20.0 Å². The van der Waals surface area contributed by atoms with Crippen LogP contribution in [-0.4, -0.2) is 27.8 Å². The minimum absolute atomic E-state index is 0.0608. The topological polar surface area (TPSA) is 72.0 Å². The average molecular weight is 329 g/mol. The van der Waals surface area contributed by atoms with E-state index in [1.165, 1.54) is 4.68 Å². The standard InChI is InChI=1S/C19H15N5O/c1-13-22-17-10-6-5-9-15(17)19(25)24(13)21-12-18-16(11-20-23-18)14-7-3-2-4-8-14/h2-12,16H,1H3/b21-12+. The Morgan fingerprint density at radius 1 is 1.08 bits per heavy atom. The number of benzene rings is 2. The quantitative estimate of drug-likeness (QED) is 0.693. The summed E-state index contributed by atoms with van der Waals surface area (Å²) in [4.78, 5) is 17.1. The van der Waals surface area contributed by atoms with Crippen molar-refractivity contribution in [3.63, 3.8) is 0 Å². The van der Waals surface area contributed by atoms with E-state index in [9.17, 15) is 4.79 Å². The molecule has 2 heterocycles.